The SMILES string of the molecule is COc1cc2c(cc1OCc1cc(COc3cc4c(cc3OC)C(=O)N3c5ccccc5C[C@H]3C(O)N4)cc(NC(=O)CCC(C)S)c1)NC[C@@H]1Cc3ccccc3N1C2=O. The minimum absolute atomic E-state index is 0.0192. The van der Waals surface area contributed by atoms with Crippen molar-refractivity contribution in [2.75, 3.05) is 46.5 Å². The Morgan fingerprint density at radius 3 is 2.00 bits per heavy atom. The van der Waals surface area contributed by atoms with Crippen molar-refractivity contribution in [3.63, 3.8) is 0 Å². The first-order valence-corrected chi connectivity index (χ1v) is 20.9. The Morgan fingerprint density at radius 1 is 0.787 bits per heavy atom. The van der Waals surface area contributed by atoms with Crippen LogP contribution in [0.25, 0.3) is 0 Å². The van der Waals surface area contributed by atoms with Gasteiger partial charge in [-0.1, -0.05) is 43.3 Å². The fourth-order valence-corrected chi connectivity index (χ4v) is 8.87. The van der Waals surface area contributed by atoms with Crippen LogP contribution < -0.4 is 44.7 Å². The molecule has 314 valence electrons. The summed E-state index contributed by atoms with van der Waals surface area (Å²) in [5.41, 5.74) is 7.79. The summed E-state index contributed by atoms with van der Waals surface area (Å²) < 4.78 is 24.3. The number of thiol groups is 1. The molecule has 13 nitrogen and oxygen atoms in total. The second-order valence-corrected chi connectivity index (χ2v) is 16.7. The maximum Gasteiger partial charge on any atom is 0.260 e. The molecule has 0 aromatic heterocycles. The number of ether oxygens (including phenoxy) is 4. The van der Waals surface area contributed by atoms with Crippen LogP contribution in [0.1, 0.15) is 62.7 Å². The Morgan fingerprint density at radius 2 is 1.36 bits per heavy atom. The van der Waals surface area contributed by atoms with Crippen molar-refractivity contribution >= 4 is 58.8 Å². The number of amides is 3. The van der Waals surface area contributed by atoms with E-state index in [0.717, 1.165) is 40.0 Å². The molecule has 14 heteroatoms. The Bertz CT molecular complexity index is 2550. The maximum absolute atomic E-state index is 14.0. The van der Waals surface area contributed by atoms with E-state index in [1.807, 2.05) is 72.5 Å². The number of carbonyl (C=O) groups is 3. The fraction of sp³-hybridized carbons (Fsp3) is 0.298. The number of rotatable bonds is 12. The van der Waals surface area contributed by atoms with Crippen molar-refractivity contribution in [2.45, 2.75) is 69.4 Å². The highest BCUT2D eigenvalue weighted by atomic mass is 32.1. The molecule has 5 aromatic rings. The van der Waals surface area contributed by atoms with E-state index in [-0.39, 0.29) is 42.2 Å². The molecule has 0 saturated heterocycles. The topological polar surface area (TPSA) is 151 Å². The first-order valence-electron chi connectivity index (χ1n) is 20.4. The number of methoxy groups -OCH3 is 2. The zero-order valence-electron chi connectivity index (χ0n) is 34.1. The van der Waals surface area contributed by atoms with E-state index in [2.05, 4.69) is 34.6 Å². The van der Waals surface area contributed by atoms with Gasteiger partial charge in [-0.3, -0.25) is 14.4 Å². The van der Waals surface area contributed by atoms with Crippen LogP contribution in [-0.2, 0) is 30.8 Å². The molecule has 5 aromatic carbocycles. The molecule has 0 bridgehead atoms. The number of anilines is 5. The maximum atomic E-state index is 14.0. The van der Waals surface area contributed by atoms with Gasteiger partial charge in [-0.25, -0.2) is 0 Å². The number of aliphatic hydroxyl groups is 1. The summed E-state index contributed by atoms with van der Waals surface area (Å²) in [5, 5.41) is 21.0. The molecule has 4 aliphatic rings. The number of hydrogen-bond donors (Lipinski definition) is 5. The molecule has 4 heterocycles. The van der Waals surface area contributed by atoms with Crippen molar-refractivity contribution < 1.29 is 38.4 Å². The number of carbonyl (C=O) groups excluding carboxylic acids is 3. The average molecular weight is 842 g/mol. The number of aliphatic hydroxyl groups excluding tert-OH is 1. The molecule has 9 rings (SSSR count). The van der Waals surface area contributed by atoms with Crippen molar-refractivity contribution in [3.8, 4) is 23.0 Å². The third kappa shape index (κ3) is 7.77. The van der Waals surface area contributed by atoms with Gasteiger partial charge in [0.15, 0.2) is 23.0 Å². The van der Waals surface area contributed by atoms with Gasteiger partial charge in [0.05, 0.1) is 48.8 Å². The number of nitrogens with zero attached hydrogens (tertiary/aromatic N) is 2. The number of benzene rings is 5. The van der Waals surface area contributed by atoms with Crippen molar-refractivity contribution in [1.29, 1.82) is 0 Å². The first-order chi connectivity index (χ1) is 29.6. The van der Waals surface area contributed by atoms with Crippen LogP contribution in [0.4, 0.5) is 28.4 Å². The van der Waals surface area contributed by atoms with Gasteiger partial charge in [0.1, 0.15) is 19.4 Å². The van der Waals surface area contributed by atoms with E-state index in [9.17, 15) is 19.5 Å². The lowest BCUT2D eigenvalue weighted by atomic mass is 10.1. The monoisotopic (exact) mass is 841 g/mol. The summed E-state index contributed by atoms with van der Waals surface area (Å²) in [6, 6.07) is 27.6. The van der Waals surface area contributed by atoms with E-state index in [0.29, 0.717) is 77.0 Å². The summed E-state index contributed by atoms with van der Waals surface area (Å²) in [5.74, 6) is 1.05. The van der Waals surface area contributed by atoms with E-state index in [1.165, 1.54) is 7.11 Å². The van der Waals surface area contributed by atoms with Gasteiger partial charge in [-0.2, -0.15) is 12.6 Å². The number of fused-ring (bicyclic) bond motifs is 8. The lowest BCUT2D eigenvalue weighted by Crippen LogP contribution is -2.45. The lowest BCUT2D eigenvalue weighted by Gasteiger charge is -2.26. The van der Waals surface area contributed by atoms with Crippen molar-refractivity contribution in [2.24, 2.45) is 0 Å². The number of nitrogens with one attached hydrogen (secondary N) is 3. The molecule has 61 heavy (non-hydrogen) atoms. The van der Waals surface area contributed by atoms with Crippen LogP contribution in [0.3, 0.4) is 0 Å². The van der Waals surface area contributed by atoms with Gasteiger partial charge in [0.2, 0.25) is 5.91 Å². The first kappa shape index (κ1) is 40.0. The van der Waals surface area contributed by atoms with E-state index < -0.39 is 12.3 Å². The number of para-hydroxylation sites is 2. The van der Waals surface area contributed by atoms with Crippen molar-refractivity contribution in [3.05, 3.63) is 124 Å². The Balaban J connectivity index is 0.969. The van der Waals surface area contributed by atoms with Gasteiger partial charge in [-0.05, 0) is 89.2 Å². The minimum Gasteiger partial charge on any atom is -0.493 e. The summed E-state index contributed by atoms with van der Waals surface area (Å²) in [4.78, 5) is 44.5. The standard InChI is InChI=1S/C47H47N5O8S/c1-26(61)12-13-44(53)49-31-15-27(24-59-42-21-35-33(19-40(42)57-2)46(55)51-32(23-48-35)17-29-8-4-6-10-37(29)51)14-28(16-31)25-60-43-22-36-34(20-41(43)58-3)47(56)52-38-11-7-5-9-30(38)18-39(52)45(54)50-36/h4-11,14-16,19-22,26,32,39,45,48,50,54,61H,12-13,17-18,23-25H2,1-3H3,(H,49,53)/t26?,32-,39-,45?/m0/s1. The highest BCUT2D eigenvalue weighted by molar-refractivity contribution is 7.80. The molecule has 0 spiro atoms. The Hall–Kier alpha value is -6.38. The third-order valence-corrected chi connectivity index (χ3v) is 12.0. The van der Waals surface area contributed by atoms with E-state index >= 15 is 0 Å². The van der Waals surface area contributed by atoms with Gasteiger partial charge >= 0.3 is 0 Å². The van der Waals surface area contributed by atoms with Crippen molar-refractivity contribution in [1.82, 2.24) is 0 Å². The summed E-state index contributed by atoms with van der Waals surface area (Å²) in [6.45, 7) is 2.68. The highest BCUT2D eigenvalue weighted by Gasteiger charge is 2.42. The predicted octanol–water partition coefficient (Wildman–Crippen LogP) is 7.21. The van der Waals surface area contributed by atoms with E-state index in [4.69, 9.17) is 18.9 Å². The molecule has 0 radical (unpaired) electrons. The highest BCUT2D eigenvalue weighted by Crippen LogP contribution is 2.43. The second kappa shape index (κ2) is 16.6. The second-order valence-electron chi connectivity index (χ2n) is 15.9. The van der Waals surface area contributed by atoms with E-state index in [1.54, 1.807) is 36.3 Å². The quantitative estimate of drug-likeness (QED) is 0.0816. The zero-order chi connectivity index (χ0) is 42.4. The van der Waals surface area contributed by atoms with Crippen LogP contribution >= 0.6 is 12.6 Å². The molecule has 4 atom stereocenters. The molecule has 4 N–H and O–H groups in total. The molecular weight excluding hydrogens is 795 g/mol. The Kier molecular flexibility index (Phi) is 10.9. The van der Waals surface area contributed by atoms with Gasteiger partial charge in [0, 0.05) is 42.2 Å². The average Bonchev–Trinajstić information content (AvgIpc) is 3.78. The lowest BCUT2D eigenvalue weighted by molar-refractivity contribution is -0.116. The molecule has 0 fully saturated rings. The van der Waals surface area contributed by atoms with Crippen LogP contribution in [0.2, 0.25) is 0 Å². The molecular formula is C47H47N5O8S. The van der Waals surface area contributed by atoms with Crippen LogP contribution in [-0.4, -0.2) is 67.2 Å². The van der Waals surface area contributed by atoms with Gasteiger partial charge < -0.3 is 49.8 Å². The summed E-state index contributed by atoms with van der Waals surface area (Å²) >= 11 is 4.43. The molecule has 2 unspecified atom stereocenters. The summed E-state index contributed by atoms with van der Waals surface area (Å²) in [6.07, 6.45) is 1.16. The Labute approximate surface area is 359 Å². The summed E-state index contributed by atoms with van der Waals surface area (Å²) in [7, 11) is 3.05. The molecule has 4 aliphatic heterocycles. The zero-order valence-corrected chi connectivity index (χ0v) is 35.0. The molecule has 3 amide bonds. The van der Waals surface area contributed by atoms with Crippen LogP contribution in [0, 0.1) is 0 Å². The van der Waals surface area contributed by atoms with Gasteiger partial charge in [-0.15, -0.1) is 0 Å². The fourth-order valence-electron chi connectivity index (χ4n) is 8.74. The number of hydrogen-bond acceptors (Lipinski definition) is 11. The third-order valence-electron chi connectivity index (χ3n) is 11.7. The molecule has 0 saturated carbocycles. The van der Waals surface area contributed by atoms with Crippen LogP contribution in [0.5, 0.6) is 23.0 Å². The normalized spacial score (nSPS) is 18.7. The minimum atomic E-state index is -1.03. The smallest absolute Gasteiger partial charge is 0.260 e. The molecule has 0 aliphatic carbocycles. The van der Waals surface area contributed by atoms with Gasteiger partial charge in [0.25, 0.3) is 11.8 Å². The van der Waals surface area contributed by atoms with Crippen LogP contribution in [0.15, 0.2) is 91.0 Å². The largest absolute Gasteiger partial charge is 0.493 e. The predicted molar refractivity (Wildman–Crippen MR) is 237 cm³/mol.